The van der Waals surface area contributed by atoms with Crippen LogP contribution in [0.1, 0.15) is 23.6 Å². The van der Waals surface area contributed by atoms with Gasteiger partial charge in [0.05, 0.1) is 16.1 Å². The molecule has 140 valence electrons. The van der Waals surface area contributed by atoms with Gasteiger partial charge in [-0.1, -0.05) is 6.07 Å². The highest BCUT2D eigenvalue weighted by atomic mass is 32.2. The van der Waals surface area contributed by atoms with E-state index in [4.69, 9.17) is 0 Å². The number of alkyl halides is 3. The van der Waals surface area contributed by atoms with Gasteiger partial charge in [-0.25, -0.2) is 8.42 Å². The summed E-state index contributed by atoms with van der Waals surface area (Å²) in [7, 11) is -4.21. The number of hydrogen-bond donors (Lipinski definition) is 2. The Hall–Kier alpha value is -2.55. The molecule has 0 heterocycles. The third-order valence-corrected chi connectivity index (χ3v) is 5.04. The molecule has 0 saturated heterocycles. The topological polar surface area (TPSA) is 75.3 Å². The van der Waals surface area contributed by atoms with Crippen LogP contribution in [-0.4, -0.2) is 14.3 Å². The van der Waals surface area contributed by atoms with Gasteiger partial charge < -0.3 is 5.32 Å². The zero-order valence-corrected chi connectivity index (χ0v) is 15.0. The minimum atomic E-state index is -4.81. The molecule has 0 unspecified atom stereocenters. The van der Waals surface area contributed by atoms with Gasteiger partial charge in [0.15, 0.2) is 0 Å². The Morgan fingerprint density at radius 1 is 1.00 bits per heavy atom. The number of carbonyl (C=O) groups excluding carboxylic acids is 1. The van der Waals surface area contributed by atoms with Crippen molar-refractivity contribution in [2.24, 2.45) is 0 Å². The lowest BCUT2D eigenvalue weighted by molar-refractivity contribution is -0.136. The van der Waals surface area contributed by atoms with E-state index in [2.05, 4.69) is 5.32 Å². The average Bonchev–Trinajstić information content (AvgIpc) is 2.49. The van der Waals surface area contributed by atoms with Crippen molar-refractivity contribution < 1.29 is 26.4 Å². The first kappa shape index (κ1) is 19.8. The van der Waals surface area contributed by atoms with Gasteiger partial charge in [-0.05, 0) is 55.3 Å². The predicted molar refractivity (Wildman–Crippen MR) is 92.5 cm³/mol. The molecule has 0 aromatic heterocycles. The Bertz CT molecular complexity index is 954. The van der Waals surface area contributed by atoms with Crippen LogP contribution in [0.5, 0.6) is 0 Å². The number of carbonyl (C=O) groups is 1. The molecule has 0 bridgehead atoms. The maximum Gasteiger partial charge on any atom is 0.418 e. The standard InChI is InChI=1S/C17H17F3N2O3S/c1-10-4-6-14(8-11(10)2)26(24,25)22-16-7-5-13(21-12(3)23)9-15(16)17(18,19)20/h4-9,22H,1-3H3,(H,21,23). The summed E-state index contributed by atoms with van der Waals surface area (Å²) in [6, 6.07) is 7.12. The second kappa shape index (κ2) is 6.99. The first-order valence-electron chi connectivity index (χ1n) is 7.49. The predicted octanol–water partition coefficient (Wildman–Crippen LogP) is 4.08. The first-order valence-corrected chi connectivity index (χ1v) is 8.97. The van der Waals surface area contributed by atoms with Crippen molar-refractivity contribution in [1.82, 2.24) is 0 Å². The van der Waals surface area contributed by atoms with E-state index in [1.54, 1.807) is 19.9 Å². The number of halogens is 3. The summed E-state index contributed by atoms with van der Waals surface area (Å²) in [6.45, 7) is 4.66. The number of nitrogens with one attached hydrogen (secondary N) is 2. The van der Waals surface area contributed by atoms with Gasteiger partial charge in [0.2, 0.25) is 5.91 Å². The van der Waals surface area contributed by atoms with E-state index in [9.17, 15) is 26.4 Å². The average molecular weight is 386 g/mol. The molecule has 5 nitrogen and oxygen atoms in total. The van der Waals surface area contributed by atoms with E-state index >= 15 is 0 Å². The van der Waals surface area contributed by atoms with Crippen molar-refractivity contribution in [1.29, 1.82) is 0 Å². The molecule has 26 heavy (non-hydrogen) atoms. The largest absolute Gasteiger partial charge is 0.418 e. The molecule has 2 rings (SSSR count). The number of hydrogen-bond acceptors (Lipinski definition) is 3. The number of anilines is 2. The molecule has 2 aromatic rings. The zero-order chi connectivity index (χ0) is 19.7. The van der Waals surface area contributed by atoms with Crippen LogP contribution in [-0.2, 0) is 21.0 Å². The highest BCUT2D eigenvalue weighted by molar-refractivity contribution is 7.92. The lowest BCUT2D eigenvalue weighted by atomic mass is 10.1. The zero-order valence-electron chi connectivity index (χ0n) is 14.2. The van der Waals surface area contributed by atoms with E-state index in [1.165, 1.54) is 18.2 Å². The summed E-state index contributed by atoms with van der Waals surface area (Å²) in [5.41, 5.74) is -0.343. The maximum atomic E-state index is 13.3. The molecule has 0 aliphatic carbocycles. The van der Waals surface area contributed by atoms with E-state index in [-0.39, 0.29) is 10.6 Å². The molecule has 0 fully saturated rings. The van der Waals surface area contributed by atoms with Crippen molar-refractivity contribution in [2.45, 2.75) is 31.8 Å². The van der Waals surface area contributed by atoms with Crippen molar-refractivity contribution in [3.05, 3.63) is 53.1 Å². The molecular weight excluding hydrogens is 369 g/mol. The van der Waals surface area contributed by atoms with Crippen LogP contribution in [0.3, 0.4) is 0 Å². The minimum Gasteiger partial charge on any atom is -0.326 e. The fourth-order valence-corrected chi connectivity index (χ4v) is 3.40. The van der Waals surface area contributed by atoms with Crippen molar-refractivity contribution in [3.63, 3.8) is 0 Å². The van der Waals surface area contributed by atoms with Crippen molar-refractivity contribution in [3.8, 4) is 0 Å². The maximum absolute atomic E-state index is 13.3. The normalized spacial score (nSPS) is 11.9. The Morgan fingerprint density at radius 3 is 2.19 bits per heavy atom. The molecule has 1 amide bonds. The molecule has 0 aliphatic rings. The van der Waals surface area contributed by atoms with Gasteiger partial charge in [-0.2, -0.15) is 13.2 Å². The smallest absolute Gasteiger partial charge is 0.326 e. The quantitative estimate of drug-likeness (QED) is 0.831. The van der Waals surface area contributed by atoms with E-state index in [0.29, 0.717) is 11.6 Å². The fraction of sp³-hybridized carbons (Fsp3) is 0.235. The van der Waals surface area contributed by atoms with Crippen LogP contribution >= 0.6 is 0 Å². The second-order valence-electron chi connectivity index (χ2n) is 5.79. The molecule has 0 radical (unpaired) electrons. The summed E-state index contributed by atoms with van der Waals surface area (Å²) in [5.74, 6) is -0.540. The van der Waals surface area contributed by atoms with Crippen molar-refractivity contribution in [2.75, 3.05) is 10.0 Å². The first-order chi connectivity index (χ1) is 11.9. The van der Waals surface area contributed by atoms with Gasteiger partial charge in [0.1, 0.15) is 0 Å². The van der Waals surface area contributed by atoms with Crippen LogP contribution in [0.15, 0.2) is 41.3 Å². The summed E-state index contributed by atoms with van der Waals surface area (Å²) in [5, 5.41) is 2.24. The Labute approximate surface area is 149 Å². The number of aryl methyl sites for hydroxylation is 2. The van der Waals surface area contributed by atoms with Gasteiger partial charge in [-0.15, -0.1) is 0 Å². The summed E-state index contributed by atoms with van der Waals surface area (Å²) < 4.78 is 66.8. The van der Waals surface area contributed by atoms with Gasteiger partial charge in [0, 0.05) is 12.6 Å². The Balaban J connectivity index is 2.47. The highest BCUT2D eigenvalue weighted by Crippen LogP contribution is 2.37. The SMILES string of the molecule is CC(=O)Nc1ccc(NS(=O)(=O)c2ccc(C)c(C)c2)c(C(F)(F)F)c1. The van der Waals surface area contributed by atoms with E-state index < -0.39 is 33.4 Å². The molecule has 0 aliphatic heterocycles. The third-order valence-electron chi connectivity index (χ3n) is 3.68. The van der Waals surface area contributed by atoms with Gasteiger partial charge in [0.25, 0.3) is 10.0 Å². The van der Waals surface area contributed by atoms with Crippen LogP contribution in [0.4, 0.5) is 24.5 Å². The summed E-state index contributed by atoms with van der Waals surface area (Å²) >= 11 is 0. The summed E-state index contributed by atoms with van der Waals surface area (Å²) in [6.07, 6.45) is -4.81. The molecule has 0 saturated carbocycles. The molecule has 9 heteroatoms. The van der Waals surface area contributed by atoms with Gasteiger partial charge >= 0.3 is 6.18 Å². The number of sulfonamides is 1. The molecule has 2 aromatic carbocycles. The van der Waals surface area contributed by atoms with Crippen molar-refractivity contribution >= 4 is 27.3 Å². The molecule has 2 N–H and O–H groups in total. The van der Waals surface area contributed by atoms with E-state index in [0.717, 1.165) is 18.6 Å². The lowest BCUT2D eigenvalue weighted by Gasteiger charge is -2.16. The molecular formula is C17H17F3N2O3S. The third kappa shape index (κ3) is 4.54. The lowest BCUT2D eigenvalue weighted by Crippen LogP contribution is -2.18. The van der Waals surface area contributed by atoms with Crippen LogP contribution in [0.25, 0.3) is 0 Å². The Kier molecular flexibility index (Phi) is 5.31. The summed E-state index contributed by atoms with van der Waals surface area (Å²) in [4.78, 5) is 10.9. The number of amides is 1. The number of rotatable bonds is 4. The Morgan fingerprint density at radius 2 is 1.65 bits per heavy atom. The van der Waals surface area contributed by atoms with Crippen LogP contribution in [0.2, 0.25) is 0 Å². The monoisotopic (exact) mass is 386 g/mol. The fourth-order valence-electron chi connectivity index (χ4n) is 2.23. The minimum absolute atomic E-state index is 0.0843. The highest BCUT2D eigenvalue weighted by Gasteiger charge is 2.35. The molecule has 0 atom stereocenters. The number of benzene rings is 2. The van der Waals surface area contributed by atoms with Gasteiger partial charge in [-0.3, -0.25) is 9.52 Å². The van der Waals surface area contributed by atoms with Crippen LogP contribution < -0.4 is 10.0 Å². The molecule has 0 spiro atoms. The van der Waals surface area contributed by atoms with E-state index in [1.807, 2.05) is 4.72 Å². The second-order valence-corrected chi connectivity index (χ2v) is 7.47. The van der Waals surface area contributed by atoms with Crippen LogP contribution in [0, 0.1) is 13.8 Å².